The SMILES string of the molecule is Cc1nc(C(C)(C)C)sc1C(=O)NC(C)c1ccccc1NS(C)(=O)=O. The van der Waals surface area contributed by atoms with Crippen LogP contribution in [0.3, 0.4) is 0 Å². The zero-order valence-corrected chi connectivity index (χ0v) is 17.5. The quantitative estimate of drug-likeness (QED) is 0.809. The fourth-order valence-corrected chi connectivity index (χ4v) is 4.05. The van der Waals surface area contributed by atoms with Gasteiger partial charge in [0.15, 0.2) is 0 Å². The molecule has 0 saturated heterocycles. The van der Waals surface area contributed by atoms with Crippen LogP contribution in [0, 0.1) is 6.92 Å². The molecule has 1 atom stereocenters. The summed E-state index contributed by atoms with van der Waals surface area (Å²) in [6.07, 6.45) is 1.10. The molecule has 1 heterocycles. The van der Waals surface area contributed by atoms with Gasteiger partial charge in [-0.15, -0.1) is 11.3 Å². The van der Waals surface area contributed by atoms with Crippen LogP contribution in [0.15, 0.2) is 24.3 Å². The van der Waals surface area contributed by atoms with Gasteiger partial charge in [0.2, 0.25) is 10.0 Å². The van der Waals surface area contributed by atoms with Crippen LogP contribution < -0.4 is 10.0 Å². The van der Waals surface area contributed by atoms with E-state index in [4.69, 9.17) is 0 Å². The third-order valence-corrected chi connectivity index (χ3v) is 5.89. The molecule has 26 heavy (non-hydrogen) atoms. The standard InChI is InChI=1S/C18H25N3O3S2/c1-11(13-9-7-8-10-14(13)21-26(6,23)24)19-16(22)15-12(2)20-17(25-15)18(3,4)5/h7-11,21H,1-6H3,(H,19,22). The number of aryl methyl sites for hydroxylation is 1. The first-order valence-electron chi connectivity index (χ1n) is 8.24. The van der Waals surface area contributed by atoms with E-state index in [0.717, 1.165) is 11.3 Å². The Morgan fingerprint density at radius 3 is 2.38 bits per heavy atom. The monoisotopic (exact) mass is 395 g/mol. The van der Waals surface area contributed by atoms with E-state index in [1.165, 1.54) is 11.3 Å². The van der Waals surface area contributed by atoms with Crippen molar-refractivity contribution in [1.82, 2.24) is 10.3 Å². The van der Waals surface area contributed by atoms with Gasteiger partial charge in [-0.1, -0.05) is 39.0 Å². The first-order chi connectivity index (χ1) is 11.9. The van der Waals surface area contributed by atoms with Crippen molar-refractivity contribution in [1.29, 1.82) is 0 Å². The fraction of sp³-hybridized carbons (Fsp3) is 0.444. The molecule has 0 bridgehead atoms. The lowest BCUT2D eigenvalue weighted by molar-refractivity contribution is 0.0943. The summed E-state index contributed by atoms with van der Waals surface area (Å²) in [6, 6.07) is 6.65. The molecular weight excluding hydrogens is 370 g/mol. The van der Waals surface area contributed by atoms with Crippen LogP contribution in [0.4, 0.5) is 5.69 Å². The number of anilines is 1. The maximum Gasteiger partial charge on any atom is 0.263 e. The molecule has 6 nitrogen and oxygen atoms in total. The van der Waals surface area contributed by atoms with Gasteiger partial charge in [0.1, 0.15) is 4.88 Å². The van der Waals surface area contributed by atoms with E-state index in [9.17, 15) is 13.2 Å². The second-order valence-electron chi connectivity index (χ2n) is 7.34. The van der Waals surface area contributed by atoms with E-state index in [-0.39, 0.29) is 17.4 Å². The van der Waals surface area contributed by atoms with Crippen molar-refractivity contribution in [2.75, 3.05) is 11.0 Å². The number of nitrogens with one attached hydrogen (secondary N) is 2. The van der Waals surface area contributed by atoms with Crippen molar-refractivity contribution in [3.63, 3.8) is 0 Å². The summed E-state index contributed by atoms with van der Waals surface area (Å²) in [6.45, 7) is 9.82. The van der Waals surface area contributed by atoms with Crippen LogP contribution in [0.25, 0.3) is 0 Å². The van der Waals surface area contributed by atoms with Crippen molar-refractivity contribution in [2.45, 2.75) is 46.1 Å². The smallest absolute Gasteiger partial charge is 0.263 e. The minimum absolute atomic E-state index is 0.119. The lowest BCUT2D eigenvalue weighted by Gasteiger charge is -2.18. The highest BCUT2D eigenvalue weighted by Gasteiger charge is 2.24. The highest BCUT2D eigenvalue weighted by molar-refractivity contribution is 7.92. The number of hydrogen-bond donors (Lipinski definition) is 2. The molecule has 1 amide bonds. The molecule has 8 heteroatoms. The molecule has 1 aromatic carbocycles. The molecule has 1 unspecified atom stereocenters. The summed E-state index contributed by atoms with van der Waals surface area (Å²) in [5.41, 5.74) is 1.74. The van der Waals surface area contributed by atoms with Gasteiger partial charge in [-0.05, 0) is 25.5 Å². The zero-order chi connectivity index (χ0) is 19.7. The molecule has 1 aromatic heterocycles. The number of rotatable bonds is 5. The minimum Gasteiger partial charge on any atom is -0.345 e. The van der Waals surface area contributed by atoms with Gasteiger partial charge in [0.05, 0.1) is 28.7 Å². The predicted molar refractivity (Wildman–Crippen MR) is 106 cm³/mol. The summed E-state index contributed by atoms with van der Waals surface area (Å²) in [5, 5.41) is 3.85. The average Bonchev–Trinajstić information content (AvgIpc) is 2.88. The number of para-hydroxylation sites is 1. The Balaban J connectivity index is 2.25. The zero-order valence-electron chi connectivity index (χ0n) is 15.9. The Kier molecular flexibility index (Phi) is 5.77. The van der Waals surface area contributed by atoms with Gasteiger partial charge in [-0.3, -0.25) is 9.52 Å². The highest BCUT2D eigenvalue weighted by atomic mass is 32.2. The van der Waals surface area contributed by atoms with Crippen LogP contribution in [0.2, 0.25) is 0 Å². The van der Waals surface area contributed by atoms with E-state index in [2.05, 4.69) is 35.8 Å². The van der Waals surface area contributed by atoms with E-state index < -0.39 is 10.0 Å². The first-order valence-corrected chi connectivity index (χ1v) is 10.9. The Morgan fingerprint density at radius 2 is 1.85 bits per heavy atom. The molecule has 0 aliphatic heterocycles. The second kappa shape index (κ2) is 7.36. The minimum atomic E-state index is -3.40. The van der Waals surface area contributed by atoms with Gasteiger partial charge in [0, 0.05) is 5.41 Å². The number of sulfonamides is 1. The van der Waals surface area contributed by atoms with Gasteiger partial charge in [-0.25, -0.2) is 13.4 Å². The van der Waals surface area contributed by atoms with Gasteiger partial charge in [-0.2, -0.15) is 0 Å². The molecular formula is C18H25N3O3S2. The van der Waals surface area contributed by atoms with Crippen molar-refractivity contribution < 1.29 is 13.2 Å². The third-order valence-electron chi connectivity index (χ3n) is 3.71. The van der Waals surface area contributed by atoms with Crippen LogP contribution in [-0.2, 0) is 15.4 Å². The number of thiazole rings is 1. The van der Waals surface area contributed by atoms with E-state index in [1.54, 1.807) is 24.3 Å². The van der Waals surface area contributed by atoms with Gasteiger partial charge >= 0.3 is 0 Å². The Hall–Kier alpha value is -1.93. The van der Waals surface area contributed by atoms with E-state index >= 15 is 0 Å². The first kappa shape index (κ1) is 20.4. The Bertz CT molecular complexity index is 912. The van der Waals surface area contributed by atoms with Gasteiger partial charge in [0.25, 0.3) is 5.91 Å². The van der Waals surface area contributed by atoms with Crippen LogP contribution in [0.1, 0.15) is 59.7 Å². The van der Waals surface area contributed by atoms with Crippen molar-refractivity contribution in [2.24, 2.45) is 0 Å². The normalized spacial score (nSPS) is 13.3. The predicted octanol–water partition coefficient (Wildman–Crippen LogP) is 3.61. The Morgan fingerprint density at radius 1 is 1.23 bits per heavy atom. The van der Waals surface area contributed by atoms with Crippen LogP contribution in [-0.4, -0.2) is 25.6 Å². The number of carbonyl (C=O) groups excluding carboxylic acids is 1. The molecule has 2 rings (SSSR count). The maximum absolute atomic E-state index is 12.7. The molecule has 0 aliphatic rings. The molecule has 142 valence electrons. The van der Waals surface area contributed by atoms with Crippen molar-refractivity contribution in [3.05, 3.63) is 45.4 Å². The summed E-state index contributed by atoms with van der Waals surface area (Å²) in [7, 11) is -3.40. The van der Waals surface area contributed by atoms with E-state index in [0.29, 0.717) is 21.8 Å². The molecule has 0 saturated carbocycles. The number of hydrogen-bond acceptors (Lipinski definition) is 5. The average molecular weight is 396 g/mol. The number of nitrogens with zero attached hydrogens (tertiary/aromatic N) is 1. The van der Waals surface area contributed by atoms with Crippen molar-refractivity contribution >= 4 is 33.0 Å². The summed E-state index contributed by atoms with van der Waals surface area (Å²) >= 11 is 1.39. The lowest BCUT2D eigenvalue weighted by Crippen LogP contribution is -2.27. The summed E-state index contributed by atoms with van der Waals surface area (Å²) in [5.74, 6) is -0.211. The summed E-state index contributed by atoms with van der Waals surface area (Å²) < 4.78 is 25.6. The van der Waals surface area contributed by atoms with Crippen molar-refractivity contribution in [3.8, 4) is 0 Å². The fourth-order valence-electron chi connectivity index (χ4n) is 2.44. The number of aromatic nitrogens is 1. The molecule has 0 fully saturated rings. The molecule has 2 aromatic rings. The number of benzene rings is 1. The van der Waals surface area contributed by atoms with Crippen LogP contribution >= 0.6 is 11.3 Å². The number of amides is 1. The molecule has 0 radical (unpaired) electrons. The largest absolute Gasteiger partial charge is 0.345 e. The molecule has 0 aliphatic carbocycles. The third kappa shape index (κ3) is 5.04. The summed E-state index contributed by atoms with van der Waals surface area (Å²) in [4.78, 5) is 17.8. The van der Waals surface area contributed by atoms with Gasteiger partial charge < -0.3 is 5.32 Å². The highest BCUT2D eigenvalue weighted by Crippen LogP contribution is 2.30. The molecule has 0 spiro atoms. The van der Waals surface area contributed by atoms with Crippen LogP contribution in [0.5, 0.6) is 0 Å². The second-order valence-corrected chi connectivity index (χ2v) is 10.1. The Labute approximate surface area is 159 Å². The van der Waals surface area contributed by atoms with E-state index in [1.807, 2.05) is 13.8 Å². The maximum atomic E-state index is 12.7. The molecule has 2 N–H and O–H groups in total. The lowest BCUT2D eigenvalue weighted by atomic mass is 9.98. The number of carbonyl (C=O) groups is 1. The topological polar surface area (TPSA) is 88.2 Å².